The first kappa shape index (κ1) is 15.9. The first-order valence-electron chi connectivity index (χ1n) is 6.59. The molecule has 0 aliphatic heterocycles. The van der Waals surface area contributed by atoms with Gasteiger partial charge in [-0.05, 0) is 25.1 Å². The van der Waals surface area contributed by atoms with Crippen molar-refractivity contribution in [2.75, 3.05) is 20.3 Å². The molecule has 1 aromatic carbocycles. The molecule has 0 saturated heterocycles. The Hall–Kier alpha value is -1.44. The summed E-state index contributed by atoms with van der Waals surface area (Å²) in [5.41, 5.74) is 2.51. The molecule has 0 spiro atoms. The molecule has 2 rings (SSSR count). The molecule has 7 heteroatoms. The summed E-state index contributed by atoms with van der Waals surface area (Å²) in [5, 5.41) is 10.9. The predicted molar refractivity (Wildman–Crippen MR) is 81.1 cm³/mol. The van der Waals surface area contributed by atoms with E-state index in [1.165, 1.54) is 0 Å². The number of rotatable bonds is 8. The second-order valence-corrected chi connectivity index (χ2v) is 5.42. The van der Waals surface area contributed by atoms with Gasteiger partial charge in [-0.3, -0.25) is 0 Å². The van der Waals surface area contributed by atoms with E-state index >= 15 is 0 Å². The third kappa shape index (κ3) is 4.80. The molecule has 0 bridgehead atoms. The molecule has 0 aliphatic carbocycles. The van der Waals surface area contributed by atoms with Crippen LogP contribution in [-0.2, 0) is 17.9 Å². The largest absolute Gasteiger partial charge is 0.487 e. The fraction of sp³-hybridized carbons (Fsp3) is 0.429. The molecular weight excluding hydrogens is 338 g/mol. The van der Waals surface area contributed by atoms with E-state index in [0.717, 1.165) is 28.0 Å². The van der Waals surface area contributed by atoms with Crippen molar-refractivity contribution in [2.45, 2.75) is 20.1 Å². The van der Waals surface area contributed by atoms with Gasteiger partial charge in [0.1, 0.15) is 23.7 Å². The Labute approximate surface area is 131 Å². The SMILES string of the molecule is COCCNCc1cc(Br)ccc1OCc1nonc1C. The molecule has 0 atom stereocenters. The summed E-state index contributed by atoms with van der Waals surface area (Å²) in [6.07, 6.45) is 0. The average molecular weight is 356 g/mol. The van der Waals surface area contributed by atoms with E-state index in [2.05, 4.69) is 36.2 Å². The highest BCUT2D eigenvalue weighted by molar-refractivity contribution is 9.10. The zero-order chi connectivity index (χ0) is 15.1. The number of nitrogens with zero attached hydrogens (tertiary/aromatic N) is 2. The van der Waals surface area contributed by atoms with E-state index in [0.29, 0.717) is 25.5 Å². The van der Waals surface area contributed by atoms with Crippen molar-refractivity contribution in [1.29, 1.82) is 0 Å². The van der Waals surface area contributed by atoms with E-state index in [9.17, 15) is 0 Å². The van der Waals surface area contributed by atoms with Crippen molar-refractivity contribution < 1.29 is 14.1 Å². The third-order valence-corrected chi connectivity index (χ3v) is 3.43. The Balaban J connectivity index is 1.99. The van der Waals surface area contributed by atoms with E-state index < -0.39 is 0 Å². The Morgan fingerprint density at radius 3 is 2.90 bits per heavy atom. The van der Waals surface area contributed by atoms with Gasteiger partial charge in [-0.15, -0.1) is 0 Å². The van der Waals surface area contributed by atoms with Crippen molar-refractivity contribution >= 4 is 15.9 Å². The number of aromatic nitrogens is 2. The summed E-state index contributed by atoms with van der Waals surface area (Å²) in [5.74, 6) is 0.811. The molecule has 1 aromatic heterocycles. The molecule has 2 aromatic rings. The highest BCUT2D eigenvalue weighted by Crippen LogP contribution is 2.24. The molecule has 0 aliphatic rings. The van der Waals surface area contributed by atoms with Crippen LogP contribution < -0.4 is 10.1 Å². The molecule has 0 fully saturated rings. The lowest BCUT2D eigenvalue weighted by molar-refractivity contribution is 0.199. The van der Waals surface area contributed by atoms with E-state index in [-0.39, 0.29) is 0 Å². The van der Waals surface area contributed by atoms with Gasteiger partial charge in [-0.1, -0.05) is 26.2 Å². The Bertz CT molecular complexity index is 574. The lowest BCUT2D eigenvalue weighted by Gasteiger charge is -2.12. The number of hydrogen-bond donors (Lipinski definition) is 1. The van der Waals surface area contributed by atoms with Crippen LogP contribution in [0.5, 0.6) is 5.75 Å². The maximum Gasteiger partial charge on any atom is 0.145 e. The fourth-order valence-corrected chi connectivity index (χ4v) is 2.16. The maximum atomic E-state index is 5.82. The summed E-state index contributed by atoms with van der Waals surface area (Å²) in [7, 11) is 1.68. The zero-order valence-corrected chi connectivity index (χ0v) is 13.6. The second-order valence-electron chi connectivity index (χ2n) is 4.51. The predicted octanol–water partition coefficient (Wildman–Crippen LogP) is 2.46. The molecule has 21 heavy (non-hydrogen) atoms. The van der Waals surface area contributed by atoms with Gasteiger partial charge in [0.05, 0.1) is 6.61 Å². The molecular formula is C14H18BrN3O3. The Kier molecular flexibility index (Phi) is 6.16. The van der Waals surface area contributed by atoms with Crippen LogP contribution in [0.2, 0.25) is 0 Å². The van der Waals surface area contributed by atoms with Gasteiger partial charge in [0.15, 0.2) is 0 Å². The Morgan fingerprint density at radius 2 is 2.19 bits per heavy atom. The standard InChI is InChI=1S/C14H18BrN3O3/c1-10-13(18-21-17-10)9-20-14-4-3-12(15)7-11(14)8-16-5-6-19-2/h3-4,7,16H,5-6,8-9H2,1-2H3. The molecule has 0 saturated carbocycles. The Morgan fingerprint density at radius 1 is 1.33 bits per heavy atom. The highest BCUT2D eigenvalue weighted by atomic mass is 79.9. The van der Waals surface area contributed by atoms with E-state index in [1.807, 2.05) is 25.1 Å². The van der Waals surface area contributed by atoms with E-state index in [4.69, 9.17) is 9.47 Å². The minimum absolute atomic E-state index is 0.335. The lowest BCUT2D eigenvalue weighted by Crippen LogP contribution is -2.19. The summed E-state index contributed by atoms with van der Waals surface area (Å²) in [6, 6.07) is 5.91. The summed E-state index contributed by atoms with van der Waals surface area (Å²) < 4.78 is 16.5. The smallest absolute Gasteiger partial charge is 0.145 e. The second kappa shape index (κ2) is 8.11. The van der Waals surface area contributed by atoms with Crippen molar-refractivity contribution in [1.82, 2.24) is 15.6 Å². The van der Waals surface area contributed by atoms with Gasteiger partial charge in [-0.25, -0.2) is 4.63 Å². The quantitative estimate of drug-likeness (QED) is 0.733. The number of halogens is 1. The number of methoxy groups -OCH3 is 1. The topological polar surface area (TPSA) is 69.4 Å². The molecule has 0 unspecified atom stereocenters. The van der Waals surface area contributed by atoms with Crippen LogP contribution in [0.1, 0.15) is 17.0 Å². The summed E-state index contributed by atoms with van der Waals surface area (Å²) in [4.78, 5) is 0. The molecule has 1 heterocycles. The first-order chi connectivity index (χ1) is 10.2. The normalized spacial score (nSPS) is 10.8. The van der Waals surface area contributed by atoms with E-state index in [1.54, 1.807) is 7.11 Å². The molecule has 6 nitrogen and oxygen atoms in total. The lowest BCUT2D eigenvalue weighted by atomic mass is 10.2. The molecule has 1 N–H and O–H groups in total. The van der Waals surface area contributed by atoms with Crippen molar-refractivity contribution in [3.8, 4) is 5.75 Å². The van der Waals surface area contributed by atoms with Crippen LogP contribution in [0.4, 0.5) is 0 Å². The van der Waals surface area contributed by atoms with Crippen LogP contribution in [0.3, 0.4) is 0 Å². The maximum absolute atomic E-state index is 5.82. The first-order valence-corrected chi connectivity index (χ1v) is 7.39. The van der Waals surface area contributed by atoms with Crippen molar-refractivity contribution in [2.24, 2.45) is 0 Å². The number of nitrogens with one attached hydrogen (secondary N) is 1. The number of benzene rings is 1. The van der Waals surface area contributed by atoms with Crippen LogP contribution in [0.25, 0.3) is 0 Å². The van der Waals surface area contributed by atoms with Crippen LogP contribution >= 0.6 is 15.9 Å². The summed E-state index contributed by atoms with van der Waals surface area (Å²) >= 11 is 3.48. The molecule has 114 valence electrons. The van der Waals surface area contributed by atoms with Gasteiger partial charge >= 0.3 is 0 Å². The van der Waals surface area contributed by atoms with Gasteiger partial charge in [0.2, 0.25) is 0 Å². The van der Waals surface area contributed by atoms with Crippen LogP contribution in [0, 0.1) is 6.92 Å². The van der Waals surface area contributed by atoms with Gasteiger partial charge in [0, 0.05) is 30.2 Å². The minimum atomic E-state index is 0.335. The minimum Gasteiger partial charge on any atom is -0.487 e. The number of hydrogen-bond acceptors (Lipinski definition) is 6. The van der Waals surface area contributed by atoms with Gasteiger partial charge in [0.25, 0.3) is 0 Å². The highest BCUT2D eigenvalue weighted by Gasteiger charge is 2.09. The van der Waals surface area contributed by atoms with Gasteiger partial charge in [-0.2, -0.15) is 0 Å². The average Bonchev–Trinajstić information content (AvgIpc) is 2.88. The fourth-order valence-electron chi connectivity index (χ4n) is 1.75. The third-order valence-electron chi connectivity index (χ3n) is 2.93. The summed E-state index contributed by atoms with van der Waals surface area (Å²) in [6.45, 7) is 4.34. The molecule has 0 radical (unpaired) electrons. The monoisotopic (exact) mass is 355 g/mol. The van der Waals surface area contributed by atoms with Gasteiger partial charge < -0.3 is 14.8 Å². The molecule has 0 amide bonds. The number of aryl methyl sites for hydroxylation is 1. The van der Waals surface area contributed by atoms with Crippen molar-refractivity contribution in [3.05, 3.63) is 39.6 Å². The zero-order valence-electron chi connectivity index (χ0n) is 12.1. The van der Waals surface area contributed by atoms with Crippen molar-refractivity contribution in [3.63, 3.8) is 0 Å². The van der Waals surface area contributed by atoms with Crippen LogP contribution in [0.15, 0.2) is 27.3 Å². The number of ether oxygens (including phenoxy) is 2. The van der Waals surface area contributed by atoms with Crippen LogP contribution in [-0.4, -0.2) is 30.6 Å².